The Bertz CT molecular complexity index is 322. The smallest absolute Gasteiger partial charge is 0.0235 e. The van der Waals surface area contributed by atoms with E-state index in [2.05, 4.69) is 29.0 Å². The van der Waals surface area contributed by atoms with Crippen molar-refractivity contribution in [3.63, 3.8) is 0 Å². The maximum absolute atomic E-state index is 3.76. The van der Waals surface area contributed by atoms with E-state index in [1.165, 1.54) is 84.2 Å². The molecule has 0 aromatic heterocycles. The molecule has 0 radical (unpaired) electrons. The molecule has 3 fully saturated rings. The van der Waals surface area contributed by atoms with Gasteiger partial charge in [0, 0.05) is 31.7 Å². The Morgan fingerprint density at radius 2 is 1.81 bits per heavy atom. The second-order valence-electron chi connectivity index (χ2n) is 8.09. The molecule has 0 spiro atoms. The number of nitrogens with one attached hydrogen (secondary N) is 1. The van der Waals surface area contributed by atoms with E-state index in [0.717, 1.165) is 12.1 Å². The van der Waals surface area contributed by atoms with Crippen LogP contribution >= 0.6 is 0 Å². The standard InChI is InChI=1S/C18H35N3/c1-3-18(2,14-19-16-7-8-16)15-20-12-9-17(13-20)21-10-5-4-6-11-21/h16-17,19H,3-15H2,1-2H3. The van der Waals surface area contributed by atoms with Crippen molar-refractivity contribution in [2.24, 2.45) is 5.41 Å². The Morgan fingerprint density at radius 1 is 1.05 bits per heavy atom. The molecule has 3 aliphatic rings. The van der Waals surface area contributed by atoms with Crippen LogP contribution in [0.5, 0.6) is 0 Å². The van der Waals surface area contributed by atoms with E-state index in [0.29, 0.717) is 5.41 Å². The number of hydrogen-bond donors (Lipinski definition) is 1. The van der Waals surface area contributed by atoms with Gasteiger partial charge in [-0.25, -0.2) is 0 Å². The highest BCUT2D eigenvalue weighted by Crippen LogP contribution is 2.28. The van der Waals surface area contributed by atoms with Crippen LogP contribution in [0.3, 0.4) is 0 Å². The predicted molar refractivity (Wildman–Crippen MR) is 89.7 cm³/mol. The van der Waals surface area contributed by atoms with Gasteiger partial charge in [0.2, 0.25) is 0 Å². The normalized spacial score (nSPS) is 31.4. The summed E-state index contributed by atoms with van der Waals surface area (Å²) in [5.41, 5.74) is 0.458. The van der Waals surface area contributed by atoms with Gasteiger partial charge in [-0.2, -0.15) is 0 Å². The molecule has 3 nitrogen and oxygen atoms in total. The monoisotopic (exact) mass is 293 g/mol. The number of piperidine rings is 1. The Labute approximate surface area is 131 Å². The highest BCUT2D eigenvalue weighted by Gasteiger charge is 2.33. The minimum absolute atomic E-state index is 0.458. The van der Waals surface area contributed by atoms with Gasteiger partial charge in [0.15, 0.2) is 0 Å². The van der Waals surface area contributed by atoms with Crippen molar-refractivity contribution >= 4 is 0 Å². The third-order valence-electron chi connectivity index (χ3n) is 6.01. The molecule has 2 aliphatic heterocycles. The quantitative estimate of drug-likeness (QED) is 0.778. The predicted octanol–water partition coefficient (Wildman–Crippen LogP) is 2.71. The molecule has 21 heavy (non-hydrogen) atoms. The maximum atomic E-state index is 3.76. The fourth-order valence-corrected chi connectivity index (χ4v) is 4.05. The fraction of sp³-hybridized carbons (Fsp3) is 1.00. The molecule has 0 aromatic carbocycles. The van der Waals surface area contributed by atoms with Gasteiger partial charge >= 0.3 is 0 Å². The zero-order chi connectivity index (χ0) is 14.7. The van der Waals surface area contributed by atoms with Crippen LogP contribution in [-0.4, -0.2) is 61.2 Å². The highest BCUT2D eigenvalue weighted by molar-refractivity contribution is 4.90. The summed E-state index contributed by atoms with van der Waals surface area (Å²) < 4.78 is 0. The molecule has 0 aromatic rings. The molecule has 1 N–H and O–H groups in total. The highest BCUT2D eigenvalue weighted by atomic mass is 15.3. The summed E-state index contributed by atoms with van der Waals surface area (Å²) in [5, 5.41) is 3.76. The van der Waals surface area contributed by atoms with E-state index in [-0.39, 0.29) is 0 Å². The maximum Gasteiger partial charge on any atom is 0.0235 e. The third-order valence-corrected chi connectivity index (χ3v) is 6.01. The first-order chi connectivity index (χ1) is 10.2. The van der Waals surface area contributed by atoms with Crippen LogP contribution in [0.25, 0.3) is 0 Å². The van der Waals surface area contributed by atoms with Gasteiger partial charge in [-0.3, -0.25) is 4.90 Å². The molecule has 2 unspecified atom stereocenters. The minimum Gasteiger partial charge on any atom is -0.313 e. The first-order valence-corrected chi connectivity index (χ1v) is 9.38. The number of nitrogens with zero attached hydrogens (tertiary/aromatic N) is 2. The van der Waals surface area contributed by atoms with Crippen LogP contribution in [0, 0.1) is 5.41 Å². The topological polar surface area (TPSA) is 18.5 Å². The van der Waals surface area contributed by atoms with Gasteiger partial charge in [0.1, 0.15) is 0 Å². The summed E-state index contributed by atoms with van der Waals surface area (Å²) >= 11 is 0. The van der Waals surface area contributed by atoms with Crippen molar-refractivity contribution in [3.05, 3.63) is 0 Å². The van der Waals surface area contributed by atoms with E-state index >= 15 is 0 Å². The molecule has 122 valence electrons. The van der Waals surface area contributed by atoms with Crippen LogP contribution in [0.4, 0.5) is 0 Å². The Kier molecular flexibility index (Phi) is 5.23. The summed E-state index contributed by atoms with van der Waals surface area (Å²) in [4.78, 5) is 5.52. The van der Waals surface area contributed by atoms with Crippen molar-refractivity contribution in [3.8, 4) is 0 Å². The molecule has 2 heterocycles. The van der Waals surface area contributed by atoms with Crippen molar-refractivity contribution in [2.45, 2.75) is 70.9 Å². The summed E-state index contributed by atoms with van der Waals surface area (Å²) in [6, 6.07) is 1.69. The molecule has 0 bridgehead atoms. The summed E-state index contributed by atoms with van der Waals surface area (Å²) in [6.07, 6.45) is 9.80. The van der Waals surface area contributed by atoms with E-state index in [1.54, 1.807) is 0 Å². The van der Waals surface area contributed by atoms with Crippen LogP contribution < -0.4 is 5.32 Å². The van der Waals surface area contributed by atoms with E-state index < -0.39 is 0 Å². The Hall–Kier alpha value is -0.120. The third kappa shape index (κ3) is 4.43. The molecular weight excluding hydrogens is 258 g/mol. The summed E-state index contributed by atoms with van der Waals surface area (Å²) in [5.74, 6) is 0. The molecule has 1 aliphatic carbocycles. The zero-order valence-electron chi connectivity index (χ0n) is 14.2. The lowest BCUT2D eigenvalue weighted by Crippen LogP contribution is -2.44. The molecule has 3 heteroatoms. The molecule has 0 amide bonds. The van der Waals surface area contributed by atoms with Gasteiger partial charge in [0.05, 0.1) is 0 Å². The molecular formula is C18H35N3. The lowest BCUT2D eigenvalue weighted by atomic mass is 9.86. The minimum atomic E-state index is 0.458. The molecule has 3 rings (SSSR count). The van der Waals surface area contributed by atoms with Gasteiger partial charge in [-0.1, -0.05) is 20.3 Å². The lowest BCUT2D eigenvalue weighted by molar-refractivity contribution is 0.141. The van der Waals surface area contributed by atoms with E-state index in [1.807, 2.05) is 0 Å². The average molecular weight is 293 g/mol. The second-order valence-corrected chi connectivity index (χ2v) is 8.09. The first-order valence-electron chi connectivity index (χ1n) is 9.38. The van der Waals surface area contributed by atoms with Crippen LogP contribution in [0.1, 0.15) is 58.8 Å². The van der Waals surface area contributed by atoms with Crippen molar-refractivity contribution in [1.29, 1.82) is 0 Å². The summed E-state index contributed by atoms with van der Waals surface area (Å²) in [6.45, 7) is 12.7. The fourth-order valence-electron chi connectivity index (χ4n) is 4.05. The van der Waals surface area contributed by atoms with Gasteiger partial charge in [0.25, 0.3) is 0 Å². The van der Waals surface area contributed by atoms with Crippen molar-refractivity contribution < 1.29 is 0 Å². The Morgan fingerprint density at radius 3 is 2.48 bits per heavy atom. The van der Waals surface area contributed by atoms with Crippen LogP contribution in [-0.2, 0) is 0 Å². The number of hydrogen-bond acceptors (Lipinski definition) is 3. The number of likely N-dealkylation sites (tertiary alicyclic amines) is 2. The number of rotatable bonds is 7. The van der Waals surface area contributed by atoms with Crippen LogP contribution in [0.2, 0.25) is 0 Å². The van der Waals surface area contributed by atoms with Crippen molar-refractivity contribution in [2.75, 3.05) is 39.3 Å². The SMILES string of the molecule is CCC(C)(CNC1CC1)CN1CCC(N2CCCCC2)C1. The van der Waals surface area contributed by atoms with Gasteiger partial charge in [-0.15, -0.1) is 0 Å². The van der Waals surface area contributed by atoms with Crippen molar-refractivity contribution in [1.82, 2.24) is 15.1 Å². The average Bonchev–Trinajstić information content (AvgIpc) is 3.25. The summed E-state index contributed by atoms with van der Waals surface area (Å²) in [7, 11) is 0. The molecule has 2 saturated heterocycles. The van der Waals surface area contributed by atoms with Gasteiger partial charge < -0.3 is 10.2 Å². The van der Waals surface area contributed by atoms with E-state index in [4.69, 9.17) is 0 Å². The van der Waals surface area contributed by atoms with E-state index in [9.17, 15) is 0 Å². The van der Waals surface area contributed by atoms with Crippen LogP contribution in [0.15, 0.2) is 0 Å². The molecule has 2 atom stereocenters. The van der Waals surface area contributed by atoms with Gasteiger partial charge in [-0.05, 0) is 63.6 Å². The first kappa shape index (κ1) is 15.8. The Balaban J connectivity index is 1.45. The largest absolute Gasteiger partial charge is 0.313 e. The second kappa shape index (κ2) is 6.97. The zero-order valence-corrected chi connectivity index (χ0v) is 14.2. The lowest BCUT2D eigenvalue weighted by Gasteiger charge is -2.35. The molecule has 1 saturated carbocycles.